The molecular weight excluding hydrogens is 412 g/mol. The number of rotatable bonds is 7. The lowest BCUT2D eigenvalue weighted by molar-refractivity contribution is -0.116. The van der Waals surface area contributed by atoms with Crippen molar-refractivity contribution in [1.82, 2.24) is 9.29 Å². The Balaban J connectivity index is 1.28. The Morgan fingerprint density at radius 3 is 2.23 bits per heavy atom. The lowest BCUT2D eigenvalue weighted by Crippen LogP contribution is -2.35. The highest BCUT2D eigenvalue weighted by Crippen LogP contribution is 2.22. The highest BCUT2D eigenvalue weighted by molar-refractivity contribution is 7.89. The fourth-order valence-electron chi connectivity index (χ4n) is 4.16. The van der Waals surface area contributed by atoms with Crippen LogP contribution >= 0.6 is 0 Å². The zero-order valence-electron chi connectivity index (χ0n) is 17.8. The molecule has 166 valence electrons. The summed E-state index contributed by atoms with van der Waals surface area (Å²) in [5.41, 5.74) is 1.63. The molecule has 2 fully saturated rings. The Bertz CT molecular complexity index is 978. The van der Waals surface area contributed by atoms with Crippen molar-refractivity contribution in [3.05, 3.63) is 48.2 Å². The van der Waals surface area contributed by atoms with E-state index in [1.807, 2.05) is 12.1 Å². The third-order valence-electron chi connectivity index (χ3n) is 5.98. The van der Waals surface area contributed by atoms with Crippen LogP contribution in [0.3, 0.4) is 0 Å². The first-order valence-corrected chi connectivity index (χ1v) is 12.6. The minimum Gasteiger partial charge on any atom is -0.357 e. The molecule has 0 atom stereocenters. The van der Waals surface area contributed by atoms with E-state index in [4.69, 9.17) is 0 Å². The van der Waals surface area contributed by atoms with Gasteiger partial charge in [0.1, 0.15) is 5.82 Å². The number of benzene rings is 1. The third-order valence-corrected chi connectivity index (χ3v) is 7.89. The Morgan fingerprint density at radius 2 is 1.58 bits per heavy atom. The average Bonchev–Trinajstić information content (AvgIpc) is 3.34. The number of carbonyl (C=O) groups excluding carboxylic acids is 1. The van der Waals surface area contributed by atoms with Crippen LogP contribution in [0.1, 0.15) is 44.1 Å². The molecule has 0 bridgehead atoms. The molecule has 31 heavy (non-hydrogen) atoms. The van der Waals surface area contributed by atoms with Crippen LogP contribution < -0.4 is 10.2 Å². The highest BCUT2D eigenvalue weighted by atomic mass is 32.2. The molecule has 0 spiro atoms. The molecule has 2 aliphatic rings. The van der Waals surface area contributed by atoms with E-state index in [2.05, 4.69) is 15.2 Å². The molecule has 2 aromatic rings. The molecule has 1 N–H and O–H groups in total. The zero-order chi connectivity index (χ0) is 21.7. The van der Waals surface area contributed by atoms with E-state index in [0.29, 0.717) is 36.5 Å². The summed E-state index contributed by atoms with van der Waals surface area (Å²) in [6.45, 7) is 3.27. The van der Waals surface area contributed by atoms with Crippen molar-refractivity contribution in [3.8, 4) is 0 Å². The van der Waals surface area contributed by atoms with Crippen LogP contribution in [0.25, 0.3) is 0 Å². The molecule has 0 unspecified atom stereocenters. The van der Waals surface area contributed by atoms with Gasteiger partial charge in [0.15, 0.2) is 0 Å². The smallest absolute Gasteiger partial charge is 0.243 e. The minimum atomic E-state index is -3.42. The first kappa shape index (κ1) is 21.8. The van der Waals surface area contributed by atoms with Crippen molar-refractivity contribution in [2.24, 2.45) is 0 Å². The van der Waals surface area contributed by atoms with E-state index < -0.39 is 10.0 Å². The quantitative estimate of drug-likeness (QED) is 0.710. The molecule has 1 amide bonds. The van der Waals surface area contributed by atoms with Crippen LogP contribution in [0.4, 0.5) is 11.5 Å². The van der Waals surface area contributed by atoms with Crippen LogP contribution in [0.15, 0.2) is 47.5 Å². The fourth-order valence-corrected chi connectivity index (χ4v) is 5.67. The fraction of sp³-hybridized carbons (Fsp3) is 0.478. The Morgan fingerprint density at radius 1 is 0.903 bits per heavy atom. The van der Waals surface area contributed by atoms with Gasteiger partial charge in [0, 0.05) is 32.6 Å². The van der Waals surface area contributed by atoms with Gasteiger partial charge in [-0.15, -0.1) is 0 Å². The minimum absolute atomic E-state index is 0.0827. The van der Waals surface area contributed by atoms with Gasteiger partial charge >= 0.3 is 0 Å². The summed E-state index contributed by atoms with van der Waals surface area (Å²) < 4.78 is 27.0. The molecule has 0 aliphatic carbocycles. The monoisotopic (exact) mass is 442 g/mol. The molecule has 1 aromatic carbocycles. The number of aromatic nitrogens is 1. The summed E-state index contributed by atoms with van der Waals surface area (Å²) in [6.07, 6.45) is 7.90. The number of aryl methyl sites for hydroxylation is 1. The van der Waals surface area contributed by atoms with Crippen LogP contribution in [0.5, 0.6) is 0 Å². The molecule has 8 heteroatoms. The SMILES string of the molecule is O=C(CCc1ccc(S(=O)(=O)N2CCCCC2)cc1)Nc1ccc(N2CCCC2)nc1. The zero-order valence-corrected chi connectivity index (χ0v) is 18.6. The van der Waals surface area contributed by atoms with E-state index >= 15 is 0 Å². The van der Waals surface area contributed by atoms with Crippen molar-refractivity contribution >= 4 is 27.4 Å². The molecule has 7 nitrogen and oxygen atoms in total. The topological polar surface area (TPSA) is 82.6 Å². The van der Waals surface area contributed by atoms with Gasteiger partial charge in [0.05, 0.1) is 16.8 Å². The maximum atomic E-state index is 12.7. The second-order valence-electron chi connectivity index (χ2n) is 8.26. The molecule has 4 rings (SSSR count). The Hall–Kier alpha value is -2.45. The predicted molar refractivity (Wildman–Crippen MR) is 122 cm³/mol. The second-order valence-corrected chi connectivity index (χ2v) is 10.2. The standard InChI is InChI=1S/C23H30N4O3S/c28-23(25-20-9-12-22(24-18-20)26-14-4-5-15-26)13-8-19-6-10-21(11-7-19)31(29,30)27-16-2-1-3-17-27/h6-7,9-12,18H,1-5,8,13-17H2,(H,25,28). The molecular formula is C23H30N4O3S. The lowest BCUT2D eigenvalue weighted by atomic mass is 10.1. The van der Waals surface area contributed by atoms with Gasteiger partial charge in [-0.25, -0.2) is 13.4 Å². The maximum absolute atomic E-state index is 12.7. The van der Waals surface area contributed by atoms with Crippen LogP contribution in [0.2, 0.25) is 0 Å². The number of sulfonamides is 1. The average molecular weight is 443 g/mol. The van der Waals surface area contributed by atoms with Crippen LogP contribution in [0, 0.1) is 0 Å². The number of hydrogen-bond acceptors (Lipinski definition) is 5. The number of nitrogens with zero attached hydrogens (tertiary/aromatic N) is 3. The normalized spacial score (nSPS) is 17.6. The van der Waals surface area contributed by atoms with Crippen molar-refractivity contribution in [2.75, 3.05) is 36.4 Å². The summed E-state index contributed by atoms with van der Waals surface area (Å²) in [4.78, 5) is 19.3. The summed E-state index contributed by atoms with van der Waals surface area (Å²) in [5.74, 6) is 0.871. The van der Waals surface area contributed by atoms with Crippen molar-refractivity contribution in [1.29, 1.82) is 0 Å². The van der Waals surface area contributed by atoms with Crippen molar-refractivity contribution in [3.63, 3.8) is 0 Å². The summed E-state index contributed by atoms with van der Waals surface area (Å²) in [7, 11) is -3.42. The number of nitrogens with one attached hydrogen (secondary N) is 1. The van der Waals surface area contributed by atoms with E-state index in [1.165, 1.54) is 12.8 Å². The predicted octanol–water partition coefficient (Wildman–Crippen LogP) is 3.43. The van der Waals surface area contributed by atoms with E-state index in [9.17, 15) is 13.2 Å². The van der Waals surface area contributed by atoms with E-state index in [1.54, 1.807) is 34.8 Å². The van der Waals surface area contributed by atoms with Gasteiger partial charge in [-0.1, -0.05) is 18.6 Å². The number of hydrogen-bond donors (Lipinski definition) is 1. The number of piperidine rings is 1. The Kier molecular flexibility index (Phi) is 6.87. The molecule has 3 heterocycles. The van der Waals surface area contributed by atoms with Gasteiger partial charge in [0.2, 0.25) is 15.9 Å². The molecule has 2 aliphatic heterocycles. The van der Waals surface area contributed by atoms with Crippen molar-refractivity contribution in [2.45, 2.75) is 49.8 Å². The number of amides is 1. The number of carbonyl (C=O) groups is 1. The summed E-state index contributed by atoms with van der Waals surface area (Å²) in [5, 5.41) is 2.89. The highest BCUT2D eigenvalue weighted by Gasteiger charge is 2.25. The van der Waals surface area contributed by atoms with Gasteiger partial charge in [-0.3, -0.25) is 4.79 Å². The van der Waals surface area contributed by atoms with Crippen LogP contribution in [-0.2, 0) is 21.2 Å². The summed E-state index contributed by atoms with van der Waals surface area (Å²) >= 11 is 0. The van der Waals surface area contributed by atoms with Gasteiger partial charge in [0.25, 0.3) is 0 Å². The second kappa shape index (κ2) is 9.78. The number of pyridine rings is 1. The Labute approximate surface area is 184 Å². The molecule has 2 saturated heterocycles. The van der Waals surface area contributed by atoms with Gasteiger partial charge in [-0.05, 0) is 61.9 Å². The van der Waals surface area contributed by atoms with Crippen LogP contribution in [-0.4, -0.2) is 49.8 Å². The van der Waals surface area contributed by atoms with Gasteiger partial charge < -0.3 is 10.2 Å². The lowest BCUT2D eigenvalue weighted by Gasteiger charge is -2.25. The van der Waals surface area contributed by atoms with Crippen molar-refractivity contribution < 1.29 is 13.2 Å². The molecule has 0 saturated carbocycles. The first-order valence-electron chi connectivity index (χ1n) is 11.1. The first-order chi connectivity index (χ1) is 15.0. The van der Waals surface area contributed by atoms with Gasteiger partial charge in [-0.2, -0.15) is 4.31 Å². The molecule has 0 radical (unpaired) electrons. The van der Waals surface area contributed by atoms with E-state index in [0.717, 1.165) is 43.7 Å². The number of anilines is 2. The molecule has 1 aromatic heterocycles. The third kappa shape index (κ3) is 5.43. The van der Waals surface area contributed by atoms with E-state index in [-0.39, 0.29) is 5.91 Å². The maximum Gasteiger partial charge on any atom is 0.243 e. The largest absolute Gasteiger partial charge is 0.357 e. The summed E-state index contributed by atoms with van der Waals surface area (Å²) in [6, 6.07) is 10.7.